The summed E-state index contributed by atoms with van der Waals surface area (Å²) in [6, 6.07) is 3.55. The Morgan fingerprint density at radius 3 is 2.88 bits per heavy atom. The second-order valence-electron chi connectivity index (χ2n) is 3.99. The average Bonchev–Trinajstić information content (AvgIpc) is 2.40. The lowest BCUT2D eigenvalue weighted by atomic mass is 10.1. The van der Waals surface area contributed by atoms with E-state index >= 15 is 0 Å². The van der Waals surface area contributed by atoms with Gasteiger partial charge in [-0.3, -0.25) is 9.78 Å². The summed E-state index contributed by atoms with van der Waals surface area (Å²) in [6.07, 6.45) is 4.92. The molecule has 2 heterocycles. The number of allylic oxidation sites excluding steroid dienone is 2. The number of morpholine rings is 1. The maximum Gasteiger partial charge on any atom is 0.189 e. The summed E-state index contributed by atoms with van der Waals surface area (Å²) in [5, 5.41) is 0. The fourth-order valence-corrected chi connectivity index (χ4v) is 1.79. The Morgan fingerprint density at radius 2 is 2.24 bits per heavy atom. The minimum absolute atomic E-state index is 0.00194. The molecule has 0 aliphatic carbocycles. The molecule has 17 heavy (non-hydrogen) atoms. The number of rotatable bonds is 3. The molecule has 0 unspecified atom stereocenters. The molecule has 1 aliphatic heterocycles. The highest BCUT2D eigenvalue weighted by molar-refractivity contribution is 6.04. The van der Waals surface area contributed by atoms with E-state index in [0.717, 1.165) is 32.0 Å². The number of hydrogen-bond acceptors (Lipinski definition) is 4. The number of ketones is 1. The van der Waals surface area contributed by atoms with Gasteiger partial charge >= 0.3 is 0 Å². The molecular weight excluding hydrogens is 216 g/mol. The zero-order valence-electron chi connectivity index (χ0n) is 9.93. The Morgan fingerprint density at radius 1 is 1.47 bits per heavy atom. The van der Waals surface area contributed by atoms with Gasteiger partial charge in [-0.1, -0.05) is 0 Å². The van der Waals surface area contributed by atoms with Gasteiger partial charge in [0.2, 0.25) is 0 Å². The van der Waals surface area contributed by atoms with E-state index in [9.17, 15) is 4.79 Å². The van der Waals surface area contributed by atoms with Crippen molar-refractivity contribution >= 4 is 5.78 Å². The minimum atomic E-state index is 0.00194. The molecule has 1 fully saturated rings. The van der Waals surface area contributed by atoms with Crippen molar-refractivity contribution in [3.05, 3.63) is 41.9 Å². The van der Waals surface area contributed by atoms with E-state index in [2.05, 4.69) is 9.88 Å². The van der Waals surface area contributed by atoms with Gasteiger partial charge in [-0.2, -0.15) is 0 Å². The predicted octanol–water partition coefficient (Wildman–Crippen LogP) is 1.50. The molecule has 0 radical (unpaired) electrons. The molecule has 2 rings (SSSR count). The Balaban J connectivity index is 2.05. The third-order valence-electron chi connectivity index (χ3n) is 2.80. The number of ether oxygens (including phenoxy) is 1. The zero-order valence-corrected chi connectivity index (χ0v) is 9.93. The molecular formula is C13H16N2O2. The number of hydrogen-bond donors (Lipinski definition) is 0. The first-order valence-electron chi connectivity index (χ1n) is 5.73. The van der Waals surface area contributed by atoms with E-state index in [0.29, 0.717) is 5.56 Å². The van der Waals surface area contributed by atoms with E-state index in [4.69, 9.17) is 4.74 Å². The van der Waals surface area contributed by atoms with Gasteiger partial charge in [0.15, 0.2) is 5.78 Å². The minimum Gasteiger partial charge on any atom is -0.378 e. The van der Waals surface area contributed by atoms with Crippen LogP contribution in [0.1, 0.15) is 17.3 Å². The Kier molecular flexibility index (Phi) is 3.88. The Hall–Kier alpha value is -1.68. The third-order valence-corrected chi connectivity index (χ3v) is 2.80. The first kappa shape index (κ1) is 11.8. The van der Waals surface area contributed by atoms with E-state index in [1.807, 2.05) is 6.92 Å². The van der Waals surface area contributed by atoms with Crippen molar-refractivity contribution in [2.45, 2.75) is 6.92 Å². The van der Waals surface area contributed by atoms with Gasteiger partial charge in [-0.05, 0) is 19.1 Å². The monoisotopic (exact) mass is 232 g/mol. The van der Waals surface area contributed by atoms with Gasteiger partial charge in [0.1, 0.15) is 0 Å². The van der Waals surface area contributed by atoms with Crippen molar-refractivity contribution in [1.29, 1.82) is 0 Å². The molecule has 0 saturated carbocycles. The van der Waals surface area contributed by atoms with Crippen LogP contribution in [0.4, 0.5) is 0 Å². The van der Waals surface area contributed by atoms with Crippen LogP contribution >= 0.6 is 0 Å². The first-order chi connectivity index (χ1) is 8.27. The maximum atomic E-state index is 11.9. The highest BCUT2D eigenvalue weighted by Gasteiger charge is 2.12. The van der Waals surface area contributed by atoms with Gasteiger partial charge in [0.25, 0.3) is 0 Å². The molecule has 1 aromatic rings. The fraction of sp³-hybridized carbons (Fsp3) is 0.385. The molecule has 1 aromatic heterocycles. The molecule has 0 aromatic carbocycles. The smallest absolute Gasteiger partial charge is 0.189 e. The van der Waals surface area contributed by atoms with Crippen molar-refractivity contribution < 1.29 is 9.53 Å². The summed E-state index contributed by atoms with van der Waals surface area (Å²) in [5.74, 6) is 0.00194. The lowest BCUT2D eigenvalue weighted by molar-refractivity contribution is 0.0534. The van der Waals surface area contributed by atoms with Crippen molar-refractivity contribution in [3.8, 4) is 0 Å². The largest absolute Gasteiger partial charge is 0.378 e. The SMILES string of the molecule is C/C(=C\C(=O)c1cccnc1)N1CCOCC1. The molecule has 4 heteroatoms. The summed E-state index contributed by atoms with van der Waals surface area (Å²) in [4.78, 5) is 18.0. The van der Waals surface area contributed by atoms with Crippen molar-refractivity contribution in [3.63, 3.8) is 0 Å². The van der Waals surface area contributed by atoms with Crippen LogP contribution in [0.15, 0.2) is 36.3 Å². The van der Waals surface area contributed by atoms with Crippen LogP contribution in [0, 0.1) is 0 Å². The van der Waals surface area contributed by atoms with Crippen molar-refractivity contribution in [1.82, 2.24) is 9.88 Å². The summed E-state index contributed by atoms with van der Waals surface area (Å²) in [6.45, 7) is 5.11. The standard InChI is InChI=1S/C13H16N2O2/c1-11(15-5-7-17-8-6-15)9-13(16)12-3-2-4-14-10-12/h2-4,9-10H,5-8H2,1H3/b11-9+. The molecule has 90 valence electrons. The van der Waals surface area contributed by atoms with Gasteiger partial charge in [-0.15, -0.1) is 0 Å². The van der Waals surface area contributed by atoms with Crippen LogP contribution in [0.25, 0.3) is 0 Å². The lowest BCUT2D eigenvalue weighted by Crippen LogP contribution is -2.35. The summed E-state index contributed by atoms with van der Waals surface area (Å²) < 4.78 is 5.28. The number of carbonyl (C=O) groups excluding carboxylic acids is 1. The molecule has 1 aliphatic rings. The van der Waals surface area contributed by atoms with E-state index < -0.39 is 0 Å². The highest BCUT2D eigenvalue weighted by Crippen LogP contribution is 2.09. The molecule has 0 N–H and O–H groups in total. The predicted molar refractivity (Wildman–Crippen MR) is 64.7 cm³/mol. The molecule has 0 atom stereocenters. The van der Waals surface area contributed by atoms with Crippen molar-refractivity contribution in [2.24, 2.45) is 0 Å². The molecule has 1 saturated heterocycles. The maximum absolute atomic E-state index is 11.9. The zero-order chi connectivity index (χ0) is 12.1. The summed E-state index contributed by atoms with van der Waals surface area (Å²) in [7, 11) is 0. The van der Waals surface area contributed by atoms with E-state index in [1.54, 1.807) is 30.6 Å². The number of nitrogens with zero attached hydrogens (tertiary/aromatic N) is 2. The Labute approximate surface area is 101 Å². The Bertz CT molecular complexity index is 409. The topological polar surface area (TPSA) is 42.4 Å². The fourth-order valence-electron chi connectivity index (χ4n) is 1.79. The van der Waals surface area contributed by atoms with Crippen LogP contribution in [0.3, 0.4) is 0 Å². The van der Waals surface area contributed by atoms with Crippen LogP contribution in [-0.2, 0) is 4.74 Å². The van der Waals surface area contributed by atoms with Gasteiger partial charge < -0.3 is 9.64 Å². The van der Waals surface area contributed by atoms with Crippen molar-refractivity contribution in [2.75, 3.05) is 26.3 Å². The summed E-state index contributed by atoms with van der Waals surface area (Å²) >= 11 is 0. The van der Waals surface area contributed by atoms with E-state index in [1.165, 1.54) is 0 Å². The average molecular weight is 232 g/mol. The van der Waals surface area contributed by atoms with Gasteiger partial charge in [-0.25, -0.2) is 0 Å². The second kappa shape index (κ2) is 5.59. The van der Waals surface area contributed by atoms with Crippen LogP contribution < -0.4 is 0 Å². The van der Waals surface area contributed by atoms with Crippen LogP contribution in [-0.4, -0.2) is 42.0 Å². The second-order valence-corrected chi connectivity index (χ2v) is 3.99. The van der Waals surface area contributed by atoms with Gasteiger partial charge in [0.05, 0.1) is 13.2 Å². The van der Waals surface area contributed by atoms with Crippen LogP contribution in [0.2, 0.25) is 0 Å². The number of carbonyl (C=O) groups is 1. The third kappa shape index (κ3) is 3.14. The molecule has 0 spiro atoms. The first-order valence-corrected chi connectivity index (χ1v) is 5.73. The van der Waals surface area contributed by atoms with Gasteiger partial charge in [0, 0.05) is 42.8 Å². The number of aromatic nitrogens is 1. The molecule has 0 amide bonds. The molecule has 4 nitrogen and oxygen atoms in total. The summed E-state index contributed by atoms with van der Waals surface area (Å²) in [5.41, 5.74) is 1.61. The number of pyridine rings is 1. The van der Waals surface area contributed by atoms with Crippen LogP contribution in [0.5, 0.6) is 0 Å². The van der Waals surface area contributed by atoms with E-state index in [-0.39, 0.29) is 5.78 Å². The lowest BCUT2D eigenvalue weighted by Gasteiger charge is -2.29. The quantitative estimate of drug-likeness (QED) is 0.585. The molecule has 0 bridgehead atoms. The normalized spacial score (nSPS) is 17.0. The highest BCUT2D eigenvalue weighted by atomic mass is 16.5.